The second kappa shape index (κ2) is 4.11. The molecule has 0 aromatic heterocycles. The predicted octanol–water partition coefficient (Wildman–Crippen LogP) is 1.94. The molecule has 2 atom stereocenters. The van der Waals surface area contributed by atoms with Crippen LogP contribution in [-0.4, -0.2) is 18.9 Å². The smallest absolute Gasteiger partial charge is 0.319 e. The van der Waals surface area contributed by atoms with Gasteiger partial charge in [-0.05, 0) is 25.7 Å². The zero-order chi connectivity index (χ0) is 10.8. The molecule has 0 aromatic carbocycles. The molecule has 0 heterocycles. The topological polar surface area (TPSA) is 43.4 Å². The maximum atomic E-state index is 11.5. The maximum Gasteiger partial charge on any atom is 0.319 e. The molecule has 2 unspecified atom stereocenters. The third-order valence-electron chi connectivity index (χ3n) is 3.19. The first-order valence-electron chi connectivity index (χ1n) is 5.19. The van der Waals surface area contributed by atoms with E-state index in [0.717, 1.165) is 19.3 Å². The summed E-state index contributed by atoms with van der Waals surface area (Å²) < 4.78 is 4.69. The summed E-state index contributed by atoms with van der Waals surface area (Å²) in [5.74, 6) is -0.149. The molecule has 3 nitrogen and oxygen atoms in total. The van der Waals surface area contributed by atoms with Gasteiger partial charge in [0, 0.05) is 0 Å². The minimum atomic E-state index is -0.774. The van der Waals surface area contributed by atoms with Crippen molar-refractivity contribution in [2.24, 2.45) is 11.3 Å². The van der Waals surface area contributed by atoms with Crippen LogP contribution in [0.1, 0.15) is 39.5 Å². The van der Waals surface area contributed by atoms with Gasteiger partial charge in [-0.2, -0.15) is 0 Å². The molecule has 0 bridgehead atoms. The molecule has 0 saturated heterocycles. The Morgan fingerprint density at radius 3 is 2.57 bits per heavy atom. The maximum absolute atomic E-state index is 11.5. The van der Waals surface area contributed by atoms with Crippen LogP contribution in [0.5, 0.6) is 0 Å². The van der Waals surface area contributed by atoms with E-state index in [-0.39, 0.29) is 17.7 Å². The van der Waals surface area contributed by atoms with E-state index in [2.05, 4.69) is 11.7 Å². The molecule has 14 heavy (non-hydrogen) atoms. The van der Waals surface area contributed by atoms with E-state index in [9.17, 15) is 9.59 Å². The van der Waals surface area contributed by atoms with Gasteiger partial charge < -0.3 is 4.74 Å². The van der Waals surface area contributed by atoms with Gasteiger partial charge in [0.2, 0.25) is 0 Å². The number of ether oxygens (including phenoxy) is 1. The summed E-state index contributed by atoms with van der Waals surface area (Å²) in [7, 11) is 1.35. The molecule has 80 valence electrons. The lowest BCUT2D eigenvalue weighted by molar-refractivity contribution is -0.151. The normalized spacial score (nSPS) is 29.8. The molecule has 0 amide bonds. The van der Waals surface area contributed by atoms with Crippen molar-refractivity contribution >= 4 is 11.8 Å². The van der Waals surface area contributed by atoms with Gasteiger partial charge in [0.25, 0.3) is 0 Å². The number of Topliss-reactive ketones (excluding diaryl/α,β-unsaturated/α-hetero) is 1. The Morgan fingerprint density at radius 2 is 2.14 bits per heavy atom. The molecular formula is C11H18O3. The quantitative estimate of drug-likeness (QED) is 0.501. The Labute approximate surface area is 84.8 Å². The number of rotatable bonds is 5. The standard InChI is InChI=1S/C11H18O3/c1-4-5-6-9-7-11(9,8(2)12)10(13)14-3/h9H,4-7H2,1-3H3. The number of hydrogen-bond acceptors (Lipinski definition) is 3. The van der Waals surface area contributed by atoms with E-state index in [4.69, 9.17) is 0 Å². The largest absolute Gasteiger partial charge is 0.468 e. The lowest BCUT2D eigenvalue weighted by atomic mass is 9.96. The summed E-state index contributed by atoms with van der Waals surface area (Å²) >= 11 is 0. The van der Waals surface area contributed by atoms with Crippen molar-refractivity contribution in [3.8, 4) is 0 Å². The number of unbranched alkanes of at least 4 members (excludes halogenated alkanes) is 1. The fourth-order valence-electron chi connectivity index (χ4n) is 2.14. The molecule has 1 rings (SSSR count). The molecule has 0 spiro atoms. The van der Waals surface area contributed by atoms with E-state index >= 15 is 0 Å². The zero-order valence-corrected chi connectivity index (χ0v) is 9.13. The van der Waals surface area contributed by atoms with E-state index in [1.165, 1.54) is 14.0 Å². The first kappa shape index (κ1) is 11.2. The van der Waals surface area contributed by atoms with Gasteiger partial charge >= 0.3 is 5.97 Å². The highest BCUT2D eigenvalue weighted by molar-refractivity contribution is 6.06. The van der Waals surface area contributed by atoms with E-state index in [1.807, 2.05) is 0 Å². The highest BCUT2D eigenvalue weighted by Gasteiger charge is 2.63. The number of ketones is 1. The van der Waals surface area contributed by atoms with E-state index in [0.29, 0.717) is 6.42 Å². The second-order valence-electron chi connectivity index (χ2n) is 4.06. The van der Waals surface area contributed by atoms with Crippen molar-refractivity contribution in [2.75, 3.05) is 7.11 Å². The van der Waals surface area contributed by atoms with Gasteiger partial charge in [0.1, 0.15) is 11.2 Å². The lowest BCUT2D eigenvalue weighted by Gasteiger charge is -2.10. The molecular weight excluding hydrogens is 180 g/mol. The zero-order valence-electron chi connectivity index (χ0n) is 9.13. The lowest BCUT2D eigenvalue weighted by Crippen LogP contribution is -2.27. The predicted molar refractivity (Wildman–Crippen MR) is 52.8 cm³/mol. The Kier molecular flexibility index (Phi) is 3.29. The molecule has 3 heteroatoms. The van der Waals surface area contributed by atoms with Gasteiger partial charge in [-0.3, -0.25) is 9.59 Å². The number of esters is 1. The molecule has 0 aliphatic heterocycles. The van der Waals surface area contributed by atoms with Crippen molar-refractivity contribution in [2.45, 2.75) is 39.5 Å². The van der Waals surface area contributed by atoms with Gasteiger partial charge in [0.05, 0.1) is 7.11 Å². The van der Waals surface area contributed by atoms with Crippen LogP contribution in [-0.2, 0) is 14.3 Å². The van der Waals surface area contributed by atoms with Crippen molar-refractivity contribution in [1.29, 1.82) is 0 Å². The van der Waals surface area contributed by atoms with Crippen LogP contribution in [0.25, 0.3) is 0 Å². The highest BCUT2D eigenvalue weighted by Crippen LogP contribution is 2.56. The minimum Gasteiger partial charge on any atom is -0.468 e. The van der Waals surface area contributed by atoms with Crippen LogP contribution in [0.15, 0.2) is 0 Å². The SMILES string of the molecule is CCCCC1CC1(C(C)=O)C(=O)OC. The third kappa shape index (κ3) is 1.68. The fraction of sp³-hybridized carbons (Fsp3) is 0.818. The van der Waals surface area contributed by atoms with E-state index < -0.39 is 5.41 Å². The number of hydrogen-bond donors (Lipinski definition) is 0. The Hall–Kier alpha value is -0.860. The highest BCUT2D eigenvalue weighted by atomic mass is 16.5. The fourth-order valence-corrected chi connectivity index (χ4v) is 2.14. The van der Waals surface area contributed by atoms with Crippen molar-refractivity contribution in [3.05, 3.63) is 0 Å². The molecule has 0 radical (unpaired) electrons. The van der Waals surface area contributed by atoms with Gasteiger partial charge in [0.15, 0.2) is 0 Å². The average Bonchev–Trinajstić information content (AvgIpc) is 2.89. The molecule has 1 saturated carbocycles. The Morgan fingerprint density at radius 1 is 1.50 bits per heavy atom. The summed E-state index contributed by atoms with van der Waals surface area (Å²) in [4.78, 5) is 22.9. The first-order valence-corrected chi connectivity index (χ1v) is 5.19. The molecule has 1 aliphatic carbocycles. The summed E-state index contributed by atoms with van der Waals surface area (Å²) in [5, 5.41) is 0. The first-order chi connectivity index (χ1) is 6.59. The van der Waals surface area contributed by atoms with Gasteiger partial charge in [-0.25, -0.2) is 0 Å². The average molecular weight is 198 g/mol. The van der Waals surface area contributed by atoms with E-state index in [1.54, 1.807) is 0 Å². The van der Waals surface area contributed by atoms with Crippen molar-refractivity contribution in [1.82, 2.24) is 0 Å². The van der Waals surface area contributed by atoms with Crippen LogP contribution < -0.4 is 0 Å². The minimum absolute atomic E-state index is 0.0366. The summed E-state index contributed by atoms with van der Waals surface area (Å²) in [6.07, 6.45) is 3.84. The van der Waals surface area contributed by atoms with Crippen LogP contribution in [0.4, 0.5) is 0 Å². The Bertz CT molecular complexity index is 247. The van der Waals surface area contributed by atoms with Gasteiger partial charge in [-0.15, -0.1) is 0 Å². The summed E-state index contributed by atoms with van der Waals surface area (Å²) in [6.45, 7) is 3.60. The number of methoxy groups -OCH3 is 1. The van der Waals surface area contributed by atoms with Crippen molar-refractivity contribution in [3.63, 3.8) is 0 Å². The third-order valence-corrected chi connectivity index (χ3v) is 3.19. The summed E-state index contributed by atoms with van der Waals surface area (Å²) in [5.41, 5.74) is -0.774. The molecule has 1 aliphatic rings. The second-order valence-corrected chi connectivity index (χ2v) is 4.06. The van der Waals surface area contributed by atoms with Crippen LogP contribution in [0, 0.1) is 11.3 Å². The number of carbonyl (C=O) groups excluding carboxylic acids is 2. The monoisotopic (exact) mass is 198 g/mol. The summed E-state index contributed by atoms with van der Waals surface area (Å²) in [6, 6.07) is 0. The van der Waals surface area contributed by atoms with Crippen molar-refractivity contribution < 1.29 is 14.3 Å². The van der Waals surface area contributed by atoms with Crippen LogP contribution in [0.3, 0.4) is 0 Å². The Balaban J connectivity index is 2.62. The van der Waals surface area contributed by atoms with Crippen LogP contribution in [0.2, 0.25) is 0 Å². The van der Waals surface area contributed by atoms with Crippen LogP contribution >= 0.6 is 0 Å². The molecule has 0 N–H and O–H groups in total. The van der Waals surface area contributed by atoms with Gasteiger partial charge in [-0.1, -0.05) is 19.8 Å². The number of carbonyl (C=O) groups is 2. The molecule has 0 aromatic rings. The molecule has 1 fully saturated rings.